The molecule has 3 aliphatic rings. The van der Waals surface area contributed by atoms with Crippen molar-refractivity contribution in [2.45, 2.75) is 78.0 Å². The van der Waals surface area contributed by atoms with Crippen LogP contribution in [0.4, 0.5) is 4.79 Å². The first-order chi connectivity index (χ1) is 31.7. The lowest BCUT2D eigenvalue weighted by atomic mass is 9.74. The number of aromatic hydroxyl groups is 3. The van der Waals surface area contributed by atoms with Gasteiger partial charge in [0.2, 0.25) is 0 Å². The molecule has 5 N–H and O–H groups in total. The van der Waals surface area contributed by atoms with Crippen LogP contribution in [-0.4, -0.2) is 117 Å². The molecule has 17 heteroatoms. The van der Waals surface area contributed by atoms with Crippen LogP contribution < -0.4 is 11.2 Å². The lowest BCUT2D eigenvalue weighted by molar-refractivity contribution is -0.155. The number of rotatable bonds is 13. The molecule has 0 radical (unpaired) electrons. The summed E-state index contributed by atoms with van der Waals surface area (Å²) < 4.78 is 8.75. The molecule has 0 saturated carbocycles. The smallest absolute Gasteiger partial charge is 0.407 e. The van der Waals surface area contributed by atoms with Gasteiger partial charge in [0.05, 0.1) is 40.3 Å². The number of piperazine rings is 1. The fraction of sp³-hybridized carbons (Fsp3) is 0.388. The summed E-state index contributed by atoms with van der Waals surface area (Å²) in [6, 6.07) is 17.4. The number of phenolic OH excluding ortho intramolecular Hbond substituents is 3. The Morgan fingerprint density at radius 3 is 2.36 bits per heavy atom. The summed E-state index contributed by atoms with van der Waals surface area (Å²) >= 11 is 0. The van der Waals surface area contributed by atoms with Crippen LogP contribution in [0.15, 0.2) is 70.3 Å². The van der Waals surface area contributed by atoms with E-state index >= 15 is 0 Å². The van der Waals surface area contributed by atoms with Gasteiger partial charge < -0.3 is 39.5 Å². The molecule has 6 heterocycles. The summed E-state index contributed by atoms with van der Waals surface area (Å²) in [5.41, 5.74) is 5.07. The van der Waals surface area contributed by atoms with E-state index in [0.717, 1.165) is 48.3 Å². The molecule has 3 aromatic heterocycles. The van der Waals surface area contributed by atoms with Crippen molar-refractivity contribution in [1.82, 2.24) is 39.0 Å². The van der Waals surface area contributed by atoms with Crippen LogP contribution in [0, 0.1) is 0 Å². The second-order valence-electron chi connectivity index (χ2n) is 17.9. The number of H-pyrrole nitrogens is 1. The Balaban J connectivity index is 0.845. The third kappa shape index (κ3) is 7.74. The van der Waals surface area contributed by atoms with E-state index in [1.54, 1.807) is 28.8 Å². The average molecular weight is 899 g/mol. The molecule has 1 amide bonds. The zero-order chi connectivity index (χ0) is 46.6. The quantitative estimate of drug-likeness (QED) is 0.0884. The maximum atomic E-state index is 14.2. The maximum absolute atomic E-state index is 14.2. The number of hydrogen-bond donors (Lipinski definition) is 5. The van der Waals surface area contributed by atoms with Gasteiger partial charge in [-0.2, -0.15) is 5.10 Å². The number of ether oxygens (including phenoxy) is 1. The maximum Gasteiger partial charge on any atom is 0.407 e. The third-order valence-corrected chi connectivity index (χ3v) is 13.7. The number of esters is 1. The molecule has 1 fully saturated rings. The predicted octanol–water partition coefficient (Wildman–Crippen LogP) is 5.66. The number of carbonyl (C=O) groups is 2. The number of nitrogens with one attached hydrogen (secondary N) is 1. The standard InChI is InChI=1S/C49H54N8O9/c1-5-32-34-20-31(58)12-13-39(34)50-43-36(32)25-56-40(43)22-38-37(45(56)61)26-66-46(62)49(38,6-2)27-55(48(64)65)15-7-14-53-16-18-54(19-17-53)24-29-8-10-30(11-9-29)57-44(51-52-47(57)63)35-21-33(28(3)4)41(59)23-42(35)60/h8-13,20-23,28,58-60H,5-7,14-19,24-27H2,1-4H3,(H,52,63)(H,64,65)/t49-/m1/s1. The molecule has 0 spiro atoms. The molecule has 6 aromatic rings. The molecule has 1 atom stereocenters. The van der Waals surface area contributed by atoms with Crippen LogP contribution in [-0.2, 0) is 41.1 Å². The minimum Gasteiger partial charge on any atom is -0.508 e. The summed E-state index contributed by atoms with van der Waals surface area (Å²) in [4.78, 5) is 64.8. The number of pyridine rings is 2. The number of aryl methyl sites for hydroxylation is 1. The summed E-state index contributed by atoms with van der Waals surface area (Å²) in [6.07, 6.45) is 0.265. The molecule has 344 valence electrons. The SMILES string of the molecule is CCc1c2c(nc3ccc(O)cc13)-c1cc3c(c(=O)n1C2)COC(=O)[C@]3(CC)CN(CCCN1CCN(Cc2ccc(-n3c(-c4cc(C(C)C)c(O)cc4O)n[nH]c3=O)cc2)CC1)C(=O)O. The Morgan fingerprint density at radius 1 is 0.924 bits per heavy atom. The van der Waals surface area contributed by atoms with E-state index in [1.807, 2.05) is 58.0 Å². The van der Waals surface area contributed by atoms with Gasteiger partial charge in [0.25, 0.3) is 5.56 Å². The lowest BCUT2D eigenvalue weighted by Crippen LogP contribution is -2.53. The van der Waals surface area contributed by atoms with Crippen molar-refractivity contribution in [2.24, 2.45) is 0 Å². The van der Waals surface area contributed by atoms with Crippen molar-refractivity contribution in [3.05, 3.63) is 115 Å². The van der Waals surface area contributed by atoms with Gasteiger partial charge in [0.1, 0.15) is 29.3 Å². The van der Waals surface area contributed by atoms with E-state index in [0.29, 0.717) is 77.3 Å². The number of aromatic amines is 1. The van der Waals surface area contributed by atoms with E-state index in [4.69, 9.17) is 9.72 Å². The van der Waals surface area contributed by atoms with Crippen molar-refractivity contribution in [3.8, 4) is 45.7 Å². The normalized spacial score (nSPS) is 17.2. The molecular formula is C49H54N8O9. The highest BCUT2D eigenvalue weighted by molar-refractivity contribution is 5.90. The minimum absolute atomic E-state index is 0.0220. The van der Waals surface area contributed by atoms with Gasteiger partial charge in [-0.25, -0.2) is 24.2 Å². The molecular weight excluding hydrogens is 845 g/mol. The van der Waals surface area contributed by atoms with Crippen LogP contribution in [0.3, 0.4) is 0 Å². The molecule has 0 bridgehead atoms. The van der Waals surface area contributed by atoms with Gasteiger partial charge in [-0.15, -0.1) is 0 Å². The summed E-state index contributed by atoms with van der Waals surface area (Å²) in [5.74, 6) is -0.429. The van der Waals surface area contributed by atoms with Gasteiger partial charge in [0.15, 0.2) is 5.82 Å². The first-order valence-corrected chi connectivity index (χ1v) is 22.6. The molecule has 66 heavy (non-hydrogen) atoms. The molecule has 0 unspecified atom stereocenters. The van der Waals surface area contributed by atoms with Gasteiger partial charge in [0, 0.05) is 62.8 Å². The van der Waals surface area contributed by atoms with Crippen LogP contribution in [0.2, 0.25) is 0 Å². The largest absolute Gasteiger partial charge is 0.508 e. The zero-order valence-corrected chi connectivity index (χ0v) is 37.5. The summed E-state index contributed by atoms with van der Waals surface area (Å²) in [7, 11) is 0. The number of cyclic esters (lactones) is 1. The van der Waals surface area contributed by atoms with Gasteiger partial charge in [-0.05, 0) is 96.4 Å². The monoisotopic (exact) mass is 898 g/mol. The zero-order valence-electron chi connectivity index (χ0n) is 37.5. The van der Waals surface area contributed by atoms with E-state index in [1.165, 1.54) is 15.5 Å². The van der Waals surface area contributed by atoms with Crippen LogP contribution in [0.1, 0.15) is 79.8 Å². The molecule has 0 aliphatic carbocycles. The number of carbonyl (C=O) groups excluding carboxylic acids is 1. The molecule has 1 saturated heterocycles. The van der Waals surface area contributed by atoms with Gasteiger partial charge >= 0.3 is 17.8 Å². The van der Waals surface area contributed by atoms with Crippen LogP contribution in [0.5, 0.6) is 17.2 Å². The number of aromatic nitrogens is 5. The predicted molar refractivity (Wildman–Crippen MR) is 246 cm³/mol. The van der Waals surface area contributed by atoms with Crippen molar-refractivity contribution in [3.63, 3.8) is 0 Å². The Hall–Kier alpha value is -6.98. The third-order valence-electron chi connectivity index (χ3n) is 13.7. The van der Waals surface area contributed by atoms with E-state index in [-0.39, 0.29) is 60.7 Å². The second kappa shape index (κ2) is 17.4. The topological polar surface area (TPSA) is 220 Å². The molecule has 3 aromatic carbocycles. The van der Waals surface area contributed by atoms with E-state index in [2.05, 4.69) is 20.0 Å². The number of phenols is 3. The minimum atomic E-state index is -1.40. The molecule has 17 nitrogen and oxygen atoms in total. The number of carboxylic acid groups (broad SMARTS) is 1. The highest BCUT2D eigenvalue weighted by Crippen LogP contribution is 2.43. The number of hydrogen-bond acceptors (Lipinski definition) is 12. The van der Waals surface area contributed by atoms with Crippen LogP contribution in [0.25, 0.3) is 39.4 Å². The van der Waals surface area contributed by atoms with Crippen molar-refractivity contribution >= 4 is 23.0 Å². The highest BCUT2D eigenvalue weighted by atomic mass is 16.5. The van der Waals surface area contributed by atoms with E-state index < -0.39 is 23.2 Å². The van der Waals surface area contributed by atoms with Crippen LogP contribution >= 0.6 is 0 Å². The van der Waals surface area contributed by atoms with E-state index in [9.17, 15) is 39.6 Å². The summed E-state index contributed by atoms with van der Waals surface area (Å²) in [5, 5.41) is 49.3. The van der Waals surface area contributed by atoms with Gasteiger partial charge in [-0.1, -0.05) is 39.8 Å². The van der Waals surface area contributed by atoms with Crippen molar-refractivity contribution < 1.29 is 34.8 Å². The Kier molecular flexibility index (Phi) is 11.7. The fourth-order valence-corrected chi connectivity index (χ4v) is 10.1. The van der Waals surface area contributed by atoms with Crippen molar-refractivity contribution in [1.29, 1.82) is 0 Å². The first kappa shape index (κ1) is 44.2. The molecule has 3 aliphatic heterocycles. The van der Waals surface area contributed by atoms with Gasteiger partial charge in [-0.3, -0.25) is 14.5 Å². The average Bonchev–Trinajstić information content (AvgIpc) is 3.86. The summed E-state index contributed by atoms with van der Waals surface area (Å²) in [6.45, 7) is 12.3. The molecule has 9 rings (SSSR count). The Bertz CT molecular complexity index is 3000. The number of fused-ring (bicyclic) bond motifs is 5. The van der Waals surface area contributed by atoms with Crippen molar-refractivity contribution in [2.75, 3.05) is 45.8 Å². The Labute approximate surface area is 380 Å². The second-order valence-corrected chi connectivity index (χ2v) is 17.9. The lowest BCUT2D eigenvalue weighted by Gasteiger charge is -2.39. The number of benzene rings is 3. The number of nitrogens with zero attached hydrogens (tertiary/aromatic N) is 7. The first-order valence-electron chi connectivity index (χ1n) is 22.6. The number of amides is 1. The highest BCUT2D eigenvalue weighted by Gasteiger charge is 2.49. The Morgan fingerprint density at radius 2 is 1.67 bits per heavy atom. The fourth-order valence-electron chi connectivity index (χ4n) is 10.1.